The highest BCUT2D eigenvalue weighted by Gasteiger charge is 2.49. The first-order valence-corrected chi connectivity index (χ1v) is 6.85. The quantitative estimate of drug-likeness (QED) is 0.911. The SMILES string of the molecule is Nc1nc(C2CC2)nc(C2(c3ccccc3)CC2)n1. The first kappa shape index (κ1) is 10.9. The minimum Gasteiger partial charge on any atom is -0.368 e. The molecule has 0 radical (unpaired) electrons. The van der Waals surface area contributed by atoms with Crippen LogP contribution in [0.2, 0.25) is 0 Å². The molecule has 1 heterocycles. The van der Waals surface area contributed by atoms with Gasteiger partial charge in [-0.2, -0.15) is 9.97 Å². The molecular weight excluding hydrogens is 236 g/mol. The molecule has 96 valence electrons. The van der Waals surface area contributed by atoms with E-state index in [4.69, 9.17) is 10.7 Å². The van der Waals surface area contributed by atoms with E-state index in [0.29, 0.717) is 11.9 Å². The molecule has 0 atom stereocenters. The highest BCUT2D eigenvalue weighted by Crippen LogP contribution is 2.52. The summed E-state index contributed by atoms with van der Waals surface area (Å²) in [6, 6.07) is 10.5. The number of aromatic nitrogens is 3. The Bertz CT molecular complexity index is 615. The molecule has 0 amide bonds. The largest absolute Gasteiger partial charge is 0.368 e. The van der Waals surface area contributed by atoms with Crippen molar-refractivity contribution in [1.82, 2.24) is 15.0 Å². The zero-order valence-corrected chi connectivity index (χ0v) is 10.7. The topological polar surface area (TPSA) is 64.7 Å². The van der Waals surface area contributed by atoms with Gasteiger partial charge in [0.05, 0.1) is 5.41 Å². The van der Waals surface area contributed by atoms with E-state index in [0.717, 1.165) is 24.5 Å². The van der Waals surface area contributed by atoms with Crippen LogP contribution in [0.25, 0.3) is 0 Å². The van der Waals surface area contributed by atoms with Crippen molar-refractivity contribution in [3.63, 3.8) is 0 Å². The Hall–Kier alpha value is -1.97. The van der Waals surface area contributed by atoms with Gasteiger partial charge < -0.3 is 5.73 Å². The molecular formula is C15H16N4. The number of anilines is 1. The van der Waals surface area contributed by atoms with Crippen LogP contribution in [0.5, 0.6) is 0 Å². The van der Waals surface area contributed by atoms with Crippen LogP contribution in [0.4, 0.5) is 5.95 Å². The van der Waals surface area contributed by atoms with Crippen molar-refractivity contribution >= 4 is 5.95 Å². The van der Waals surface area contributed by atoms with Crippen LogP contribution in [-0.4, -0.2) is 15.0 Å². The van der Waals surface area contributed by atoms with E-state index in [1.807, 2.05) is 6.07 Å². The number of nitrogens with zero attached hydrogens (tertiary/aromatic N) is 3. The van der Waals surface area contributed by atoms with Gasteiger partial charge >= 0.3 is 0 Å². The molecule has 1 aromatic carbocycles. The van der Waals surface area contributed by atoms with Crippen LogP contribution in [0.1, 0.15) is 48.8 Å². The lowest BCUT2D eigenvalue weighted by Gasteiger charge is -2.15. The van der Waals surface area contributed by atoms with Gasteiger partial charge in [0, 0.05) is 5.92 Å². The van der Waals surface area contributed by atoms with E-state index in [2.05, 4.69) is 34.2 Å². The summed E-state index contributed by atoms with van der Waals surface area (Å²) >= 11 is 0. The lowest BCUT2D eigenvalue weighted by atomic mass is 9.95. The monoisotopic (exact) mass is 252 g/mol. The Kier molecular flexibility index (Phi) is 2.16. The Labute approximate surface area is 112 Å². The van der Waals surface area contributed by atoms with Gasteiger partial charge in [0.2, 0.25) is 5.95 Å². The highest BCUT2D eigenvalue weighted by molar-refractivity contribution is 5.40. The number of hydrogen-bond acceptors (Lipinski definition) is 4. The van der Waals surface area contributed by atoms with Gasteiger partial charge in [-0.1, -0.05) is 30.3 Å². The second-order valence-electron chi connectivity index (χ2n) is 5.60. The predicted octanol–water partition coefficient (Wildman–Crippen LogP) is 2.41. The van der Waals surface area contributed by atoms with Crippen LogP contribution in [0.3, 0.4) is 0 Å². The summed E-state index contributed by atoms with van der Waals surface area (Å²) in [6.07, 6.45) is 4.57. The van der Waals surface area contributed by atoms with Crippen molar-refractivity contribution in [3.8, 4) is 0 Å². The van der Waals surface area contributed by atoms with Crippen LogP contribution in [0, 0.1) is 0 Å². The lowest BCUT2D eigenvalue weighted by Crippen LogP contribution is -2.17. The maximum absolute atomic E-state index is 5.87. The van der Waals surface area contributed by atoms with Crippen LogP contribution < -0.4 is 5.73 Å². The summed E-state index contributed by atoms with van der Waals surface area (Å²) in [4.78, 5) is 13.4. The molecule has 2 aliphatic rings. The third-order valence-corrected chi connectivity index (χ3v) is 4.12. The van der Waals surface area contributed by atoms with Gasteiger partial charge in [0.25, 0.3) is 0 Å². The van der Waals surface area contributed by atoms with Gasteiger partial charge in [-0.3, -0.25) is 0 Å². The summed E-state index contributed by atoms with van der Waals surface area (Å²) in [5.74, 6) is 2.64. The van der Waals surface area contributed by atoms with Crippen LogP contribution in [-0.2, 0) is 5.41 Å². The second kappa shape index (κ2) is 3.76. The molecule has 2 N–H and O–H groups in total. The van der Waals surface area contributed by atoms with E-state index < -0.39 is 0 Å². The highest BCUT2D eigenvalue weighted by atomic mass is 15.1. The van der Waals surface area contributed by atoms with Gasteiger partial charge in [0.1, 0.15) is 11.6 Å². The van der Waals surface area contributed by atoms with E-state index >= 15 is 0 Å². The fourth-order valence-electron chi connectivity index (χ4n) is 2.67. The maximum Gasteiger partial charge on any atom is 0.223 e. The molecule has 2 aromatic rings. The van der Waals surface area contributed by atoms with Crippen LogP contribution >= 0.6 is 0 Å². The lowest BCUT2D eigenvalue weighted by molar-refractivity contribution is 0.720. The van der Waals surface area contributed by atoms with Crippen molar-refractivity contribution < 1.29 is 0 Å². The Balaban J connectivity index is 1.80. The minimum atomic E-state index is -0.0119. The third-order valence-electron chi connectivity index (χ3n) is 4.12. The molecule has 2 saturated carbocycles. The minimum absolute atomic E-state index is 0.0119. The summed E-state index contributed by atoms with van der Waals surface area (Å²) in [7, 11) is 0. The Morgan fingerprint density at radius 3 is 2.37 bits per heavy atom. The van der Waals surface area contributed by atoms with Gasteiger partial charge in [-0.05, 0) is 31.2 Å². The average molecular weight is 252 g/mol. The number of rotatable bonds is 3. The number of hydrogen-bond donors (Lipinski definition) is 1. The normalized spacial score (nSPS) is 20.2. The van der Waals surface area contributed by atoms with Crippen LogP contribution in [0.15, 0.2) is 30.3 Å². The maximum atomic E-state index is 5.87. The molecule has 4 nitrogen and oxygen atoms in total. The molecule has 0 bridgehead atoms. The molecule has 1 aromatic heterocycles. The molecule has 4 rings (SSSR count). The molecule has 0 saturated heterocycles. The number of benzene rings is 1. The van der Waals surface area contributed by atoms with Gasteiger partial charge in [-0.15, -0.1) is 0 Å². The summed E-state index contributed by atoms with van der Waals surface area (Å²) in [5.41, 5.74) is 7.15. The van der Waals surface area contributed by atoms with E-state index in [9.17, 15) is 0 Å². The molecule has 19 heavy (non-hydrogen) atoms. The van der Waals surface area contributed by atoms with Gasteiger partial charge in [0.15, 0.2) is 0 Å². The Morgan fingerprint density at radius 1 is 1.00 bits per heavy atom. The van der Waals surface area contributed by atoms with E-state index in [1.165, 1.54) is 18.4 Å². The predicted molar refractivity (Wildman–Crippen MR) is 72.7 cm³/mol. The summed E-state index contributed by atoms with van der Waals surface area (Å²) in [5, 5.41) is 0. The first-order chi connectivity index (χ1) is 9.28. The Morgan fingerprint density at radius 2 is 1.74 bits per heavy atom. The second-order valence-corrected chi connectivity index (χ2v) is 5.60. The molecule has 2 aliphatic carbocycles. The zero-order chi connectivity index (χ0) is 12.9. The van der Waals surface area contributed by atoms with Crippen molar-refractivity contribution in [1.29, 1.82) is 0 Å². The molecule has 0 unspecified atom stereocenters. The molecule has 4 heteroatoms. The van der Waals surface area contributed by atoms with Crippen molar-refractivity contribution in [2.75, 3.05) is 5.73 Å². The standard InChI is InChI=1S/C15H16N4/c16-14-18-12(10-6-7-10)17-13(19-14)15(8-9-15)11-4-2-1-3-5-11/h1-5,10H,6-9H2,(H2,16,17,18,19). The van der Waals surface area contributed by atoms with Crippen molar-refractivity contribution in [2.45, 2.75) is 37.0 Å². The smallest absolute Gasteiger partial charge is 0.223 e. The fraction of sp³-hybridized carbons (Fsp3) is 0.400. The zero-order valence-electron chi connectivity index (χ0n) is 10.7. The fourth-order valence-corrected chi connectivity index (χ4v) is 2.67. The average Bonchev–Trinajstić information content (AvgIpc) is 3.30. The van der Waals surface area contributed by atoms with Crippen molar-refractivity contribution in [3.05, 3.63) is 47.5 Å². The summed E-state index contributed by atoms with van der Waals surface area (Å²) < 4.78 is 0. The first-order valence-electron chi connectivity index (χ1n) is 6.85. The van der Waals surface area contributed by atoms with E-state index in [1.54, 1.807) is 0 Å². The summed E-state index contributed by atoms with van der Waals surface area (Å²) in [6.45, 7) is 0. The van der Waals surface area contributed by atoms with Gasteiger partial charge in [-0.25, -0.2) is 4.98 Å². The molecule has 0 aliphatic heterocycles. The third kappa shape index (κ3) is 1.79. The van der Waals surface area contributed by atoms with E-state index in [-0.39, 0.29) is 5.41 Å². The van der Waals surface area contributed by atoms with Crippen molar-refractivity contribution in [2.24, 2.45) is 0 Å². The molecule has 2 fully saturated rings. The number of nitrogens with two attached hydrogens (primary N) is 1. The molecule has 0 spiro atoms. The number of nitrogen functional groups attached to an aromatic ring is 1.